The van der Waals surface area contributed by atoms with Crippen LogP contribution in [0.2, 0.25) is 0 Å². The number of allylic oxidation sites excluding steroid dienone is 1. The molecule has 1 N–H and O–H groups in total. The Morgan fingerprint density at radius 3 is 2.56 bits per heavy atom. The van der Waals surface area contributed by atoms with Crippen LogP contribution < -0.4 is 14.2 Å². The summed E-state index contributed by atoms with van der Waals surface area (Å²) in [5.74, 6) is 1.76. The van der Waals surface area contributed by atoms with Gasteiger partial charge in [-0.05, 0) is 41.6 Å². The van der Waals surface area contributed by atoms with Crippen molar-refractivity contribution >= 4 is 16.6 Å². The number of nitrogens with one attached hydrogen (secondary N) is 1. The highest BCUT2D eigenvalue weighted by atomic mass is 16.5. The third-order valence-electron chi connectivity index (χ3n) is 4.89. The smallest absolute Gasteiger partial charge is 0.212 e. The van der Waals surface area contributed by atoms with Crippen molar-refractivity contribution in [2.45, 2.75) is 6.92 Å². The molecule has 0 aliphatic heterocycles. The van der Waals surface area contributed by atoms with Crippen LogP contribution in [0.5, 0.6) is 17.2 Å². The molecule has 4 rings (SSSR count). The molecule has 9 heteroatoms. The molecule has 2 heterocycles. The van der Waals surface area contributed by atoms with Crippen LogP contribution in [0.1, 0.15) is 23.0 Å². The molecule has 0 unspecified atom stereocenters. The number of hydrogen-bond donors (Lipinski definition) is 1. The number of hydrogen-bond acceptors (Lipinski definition) is 8. The Morgan fingerprint density at radius 1 is 1.09 bits per heavy atom. The fourth-order valence-electron chi connectivity index (χ4n) is 3.31. The SMILES string of the molecule is C/C=C/COc1cccc(C(=O)c2ncc(-c3nnn[nH]3)c3cc(OC)c(OC)cc23)c1. The van der Waals surface area contributed by atoms with E-state index in [9.17, 15) is 4.79 Å². The van der Waals surface area contributed by atoms with E-state index in [-0.39, 0.29) is 11.5 Å². The number of pyridine rings is 1. The summed E-state index contributed by atoms with van der Waals surface area (Å²) in [6.07, 6.45) is 5.36. The summed E-state index contributed by atoms with van der Waals surface area (Å²) in [5, 5.41) is 15.3. The van der Waals surface area contributed by atoms with Crippen molar-refractivity contribution in [2.75, 3.05) is 20.8 Å². The summed E-state index contributed by atoms with van der Waals surface area (Å²) >= 11 is 0. The summed E-state index contributed by atoms with van der Waals surface area (Å²) < 4.78 is 16.6. The number of ketones is 1. The van der Waals surface area contributed by atoms with Crippen LogP contribution in [0.25, 0.3) is 22.2 Å². The number of aromatic amines is 1. The van der Waals surface area contributed by atoms with E-state index in [1.165, 1.54) is 7.11 Å². The van der Waals surface area contributed by atoms with Crippen molar-refractivity contribution < 1.29 is 19.0 Å². The monoisotopic (exact) mass is 431 g/mol. The second-order valence-corrected chi connectivity index (χ2v) is 6.76. The Morgan fingerprint density at radius 2 is 1.88 bits per heavy atom. The topological polar surface area (TPSA) is 112 Å². The number of carbonyl (C=O) groups is 1. The lowest BCUT2D eigenvalue weighted by Crippen LogP contribution is -2.07. The minimum absolute atomic E-state index is 0.249. The fraction of sp³-hybridized carbons (Fsp3) is 0.174. The molecule has 0 spiro atoms. The van der Waals surface area contributed by atoms with Gasteiger partial charge in [-0.2, -0.15) is 0 Å². The van der Waals surface area contributed by atoms with Gasteiger partial charge in [0.1, 0.15) is 18.1 Å². The molecule has 2 aromatic heterocycles. The first-order chi connectivity index (χ1) is 15.7. The van der Waals surface area contributed by atoms with Crippen molar-refractivity contribution in [1.29, 1.82) is 0 Å². The molecule has 0 aliphatic rings. The van der Waals surface area contributed by atoms with Crippen LogP contribution in [0, 0.1) is 0 Å². The molecule has 32 heavy (non-hydrogen) atoms. The first kappa shape index (κ1) is 21.0. The molecule has 0 radical (unpaired) electrons. The highest BCUT2D eigenvalue weighted by Gasteiger charge is 2.21. The Bertz CT molecular complexity index is 1290. The second-order valence-electron chi connectivity index (χ2n) is 6.76. The molecule has 9 nitrogen and oxygen atoms in total. The summed E-state index contributed by atoms with van der Waals surface area (Å²) in [5.41, 5.74) is 1.36. The number of rotatable bonds is 8. The highest BCUT2D eigenvalue weighted by Crippen LogP contribution is 2.37. The molecule has 162 valence electrons. The van der Waals surface area contributed by atoms with Crippen LogP contribution in [0.4, 0.5) is 0 Å². The van der Waals surface area contributed by atoms with E-state index < -0.39 is 0 Å². The van der Waals surface area contributed by atoms with Gasteiger partial charge in [-0.15, -0.1) is 5.10 Å². The van der Waals surface area contributed by atoms with Crippen molar-refractivity contribution in [3.63, 3.8) is 0 Å². The molecule has 0 saturated carbocycles. The van der Waals surface area contributed by atoms with Crippen molar-refractivity contribution in [3.05, 3.63) is 66.0 Å². The standard InChI is InChI=1S/C23H21N5O4/c1-4-5-9-32-15-8-6-7-14(10-15)22(29)21-17-12-20(31-3)19(30-2)11-16(17)18(13-24-21)23-25-27-28-26-23/h4-8,10-13H,9H2,1-3H3,(H,25,26,27,28)/b5-4+. The van der Waals surface area contributed by atoms with Crippen LogP contribution in [-0.2, 0) is 0 Å². The van der Waals surface area contributed by atoms with Gasteiger partial charge in [0, 0.05) is 28.1 Å². The number of nitrogens with zero attached hydrogens (tertiary/aromatic N) is 4. The Labute approximate surface area is 184 Å². The molecule has 0 amide bonds. The summed E-state index contributed by atoms with van der Waals surface area (Å²) in [6.45, 7) is 2.34. The number of ether oxygens (including phenoxy) is 3. The average molecular weight is 431 g/mol. The first-order valence-corrected chi connectivity index (χ1v) is 9.83. The zero-order valence-electron chi connectivity index (χ0n) is 17.8. The molecule has 0 fully saturated rings. The molecule has 2 aromatic carbocycles. The van der Waals surface area contributed by atoms with E-state index in [0.29, 0.717) is 51.6 Å². The van der Waals surface area contributed by atoms with Gasteiger partial charge in [0.2, 0.25) is 5.78 Å². The first-order valence-electron chi connectivity index (χ1n) is 9.83. The second kappa shape index (κ2) is 9.25. The summed E-state index contributed by atoms with van der Waals surface area (Å²) in [4.78, 5) is 17.9. The number of tetrazole rings is 1. The molecule has 0 bridgehead atoms. The van der Waals surface area contributed by atoms with Crippen molar-refractivity contribution in [2.24, 2.45) is 0 Å². The molecular formula is C23H21N5O4. The van der Waals surface area contributed by atoms with Crippen molar-refractivity contribution in [3.8, 4) is 28.6 Å². The van der Waals surface area contributed by atoms with E-state index in [0.717, 1.165) is 0 Å². The van der Waals surface area contributed by atoms with E-state index in [1.54, 1.807) is 49.7 Å². The van der Waals surface area contributed by atoms with E-state index in [4.69, 9.17) is 14.2 Å². The van der Waals surface area contributed by atoms with E-state index in [1.807, 2.05) is 19.1 Å². The van der Waals surface area contributed by atoms with Crippen LogP contribution in [0.15, 0.2) is 54.7 Å². The minimum Gasteiger partial charge on any atom is -0.493 e. The predicted molar refractivity (Wildman–Crippen MR) is 118 cm³/mol. The lowest BCUT2D eigenvalue weighted by molar-refractivity contribution is 0.103. The van der Waals surface area contributed by atoms with E-state index >= 15 is 0 Å². The van der Waals surface area contributed by atoms with Gasteiger partial charge < -0.3 is 14.2 Å². The lowest BCUT2D eigenvalue weighted by atomic mass is 9.98. The normalized spacial score (nSPS) is 11.1. The quantitative estimate of drug-likeness (QED) is 0.333. The van der Waals surface area contributed by atoms with Gasteiger partial charge >= 0.3 is 0 Å². The third kappa shape index (κ3) is 4.00. The van der Waals surface area contributed by atoms with Gasteiger partial charge in [-0.25, -0.2) is 5.10 Å². The van der Waals surface area contributed by atoms with Gasteiger partial charge in [-0.1, -0.05) is 24.3 Å². The Hall–Kier alpha value is -4.27. The maximum absolute atomic E-state index is 13.4. The Balaban J connectivity index is 1.85. The summed E-state index contributed by atoms with van der Waals surface area (Å²) in [6, 6.07) is 10.5. The van der Waals surface area contributed by atoms with Crippen LogP contribution in [0.3, 0.4) is 0 Å². The number of H-pyrrole nitrogens is 1. The van der Waals surface area contributed by atoms with Gasteiger partial charge in [0.05, 0.1) is 14.2 Å². The van der Waals surface area contributed by atoms with Gasteiger partial charge in [-0.3, -0.25) is 9.78 Å². The fourth-order valence-corrected chi connectivity index (χ4v) is 3.31. The average Bonchev–Trinajstić information content (AvgIpc) is 3.37. The maximum Gasteiger partial charge on any atom is 0.212 e. The number of fused-ring (bicyclic) bond motifs is 1. The number of aromatic nitrogens is 5. The van der Waals surface area contributed by atoms with Crippen molar-refractivity contribution in [1.82, 2.24) is 25.6 Å². The predicted octanol–water partition coefficient (Wildman–Crippen LogP) is 3.62. The number of carbonyl (C=O) groups excluding carboxylic acids is 1. The Kier molecular flexibility index (Phi) is 6.07. The van der Waals surface area contributed by atoms with Gasteiger partial charge in [0.15, 0.2) is 17.3 Å². The zero-order chi connectivity index (χ0) is 22.5. The molecule has 0 aliphatic carbocycles. The lowest BCUT2D eigenvalue weighted by Gasteiger charge is -2.13. The number of benzene rings is 2. The minimum atomic E-state index is -0.249. The molecule has 4 aromatic rings. The molecule has 0 atom stereocenters. The van der Waals surface area contributed by atoms with Crippen LogP contribution in [-0.4, -0.2) is 52.2 Å². The maximum atomic E-state index is 13.4. The summed E-state index contributed by atoms with van der Waals surface area (Å²) in [7, 11) is 3.08. The van der Waals surface area contributed by atoms with E-state index in [2.05, 4.69) is 25.6 Å². The van der Waals surface area contributed by atoms with Gasteiger partial charge in [0.25, 0.3) is 0 Å². The molecule has 0 saturated heterocycles. The third-order valence-corrected chi connectivity index (χ3v) is 4.89. The zero-order valence-corrected chi connectivity index (χ0v) is 17.8. The largest absolute Gasteiger partial charge is 0.493 e. The van der Waals surface area contributed by atoms with Crippen LogP contribution >= 0.6 is 0 Å². The number of methoxy groups -OCH3 is 2. The molecular weight excluding hydrogens is 410 g/mol. The highest BCUT2D eigenvalue weighted by molar-refractivity contribution is 6.17.